The fourth-order valence-corrected chi connectivity index (χ4v) is 6.68. The van der Waals surface area contributed by atoms with Gasteiger partial charge in [0.2, 0.25) is 15.9 Å². The van der Waals surface area contributed by atoms with Gasteiger partial charge in [-0.05, 0) is 57.1 Å². The number of amides is 2. The Kier molecular flexibility index (Phi) is 5.76. The van der Waals surface area contributed by atoms with Crippen molar-refractivity contribution in [1.29, 1.82) is 0 Å². The van der Waals surface area contributed by atoms with E-state index >= 15 is 0 Å². The predicted octanol–water partition coefficient (Wildman–Crippen LogP) is 2.27. The van der Waals surface area contributed by atoms with Crippen LogP contribution in [0.3, 0.4) is 0 Å². The number of piperidine rings is 1. The highest BCUT2D eigenvalue weighted by Crippen LogP contribution is 2.36. The number of benzene rings is 1. The van der Waals surface area contributed by atoms with E-state index in [1.165, 1.54) is 10.4 Å². The van der Waals surface area contributed by atoms with E-state index in [9.17, 15) is 18.0 Å². The summed E-state index contributed by atoms with van der Waals surface area (Å²) in [5.74, 6) is -0.000557. The fraction of sp³-hybridized carbons (Fsp3) is 0.619. The van der Waals surface area contributed by atoms with Crippen molar-refractivity contribution in [3.05, 3.63) is 17.7 Å². The first-order valence-electron chi connectivity index (χ1n) is 10.7. The van der Waals surface area contributed by atoms with Gasteiger partial charge in [0.15, 0.2) is 6.61 Å². The Balaban J connectivity index is 1.64. The number of carbonyl (C=O) groups excluding carboxylic acids is 2. The molecule has 164 valence electrons. The smallest absolute Gasteiger partial charge is 0.262 e. The van der Waals surface area contributed by atoms with E-state index in [0.717, 1.165) is 25.7 Å². The van der Waals surface area contributed by atoms with Gasteiger partial charge in [-0.15, -0.1) is 0 Å². The number of hydrogen-bond acceptors (Lipinski definition) is 5. The van der Waals surface area contributed by atoms with Crippen LogP contribution in [0, 0.1) is 6.92 Å². The number of carbonyl (C=O) groups is 2. The average Bonchev–Trinajstić information content (AvgIpc) is 3.23. The summed E-state index contributed by atoms with van der Waals surface area (Å²) in [6.45, 7) is 4.66. The lowest BCUT2D eigenvalue weighted by Crippen LogP contribution is -2.52. The van der Waals surface area contributed by atoms with Crippen LogP contribution in [0.15, 0.2) is 17.0 Å². The number of nitrogens with one attached hydrogen (secondary N) is 1. The Morgan fingerprint density at radius 2 is 2.00 bits per heavy atom. The molecule has 2 saturated heterocycles. The molecule has 0 saturated carbocycles. The molecule has 0 bridgehead atoms. The van der Waals surface area contributed by atoms with Crippen molar-refractivity contribution >= 4 is 27.5 Å². The van der Waals surface area contributed by atoms with Gasteiger partial charge in [0.1, 0.15) is 11.8 Å². The molecule has 3 aliphatic rings. The predicted molar refractivity (Wildman–Crippen MR) is 112 cm³/mol. The Morgan fingerprint density at radius 1 is 1.20 bits per heavy atom. The van der Waals surface area contributed by atoms with Crippen LogP contribution < -0.4 is 10.1 Å². The first kappa shape index (κ1) is 21.1. The summed E-state index contributed by atoms with van der Waals surface area (Å²) < 4.78 is 33.9. The number of ether oxygens (including phenoxy) is 1. The van der Waals surface area contributed by atoms with Crippen molar-refractivity contribution in [3.63, 3.8) is 0 Å². The van der Waals surface area contributed by atoms with Gasteiger partial charge in [-0.3, -0.25) is 9.59 Å². The Labute approximate surface area is 177 Å². The van der Waals surface area contributed by atoms with Crippen molar-refractivity contribution in [2.45, 2.75) is 69.4 Å². The summed E-state index contributed by atoms with van der Waals surface area (Å²) in [5.41, 5.74) is 0.984. The van der Waals surface area contributed by atoms with Crippen molar-refractivity contribution < 1.29 is 22.7 Å². The number of fused-ring (bicyclic) bond motifs is 1. The third kappa shape index (κ3) is 3.69. The monoisotopic (exact) mass is 435 g/mol. The molecule has 2 fully saturated rings. The maximum Gasteiger partial charge on any atom is 0.262 e. The normalized spacial score (nSPS) is 24.9. The molecule has 30 heavy (non-hydrogen) atoms. The second-order valence-electron chi connectivity index (χ2n) is 8.31. The van der Waals surface area contributed by atoms with Gasteiger partial charge >= 0.3 is 0 Å². The van der Waals surface area contributed by atoms with Gasteiger partial charge in [0.25, 0.3) is 5.91 Å². The average molecular weight is 436 g/mol. The molecular formula is C21H29N3O5S. The van der Waals surface area contributed by atoms with Crippen molar-refractivity contribution in [1.82, 2.24) is 9.21 Å². The summed E-state index contributed by atoms with van der Waals surface area (Å²) in [7, 11) is -3.88. The SMILES string of the molecule is CCC1CCCCN1C(=O)C1CCCN1S(=O)(=O)c1cc2c(cc1C)NC(=O)CO2. The third-order valence-electron chi connectivity index (χ3n) is 6.37. The van der Waals surface area contributed by atoms with Crippen LogP contribution in [0.4, 0.5) is 5.69 Å². The van der Waals surface area contributed by atoms with Crippen molar-refractivity contribution in [2.75, 3.05) is 25.0 Å². The quantitative estimate of drug-likeness (QED) is 0.783. The van der Waals surface area contributed by atoms with Gasteiger partial charge in [-0.25, -0.2) is 8.42 Å². The number of sulfonamides is 1. The first-order valence-corrected chi connectivity index (χ1v) is 12.2. The van der Waals surface area contributed by atoms with Crippen LogP contribution in [0.1, 0.15) is 51.0 Å². The molecule has 9 heteroatoms. The zero-order valence-corrected chi connectivity index (χ0v) is 18.3. The molecule has 0 aliphatic carbocycles. The zero-order valence-electron chi connectivity index (χ0n) is 17.5. The van der Waals surface area contributed by atoms with E-state index in [1.54, 1.807) is 13.0 Å². The molecule has 8 nitrogen and oxygen atoms in total. The number of hydrogen-bond donors (Lipinski definition) is 1. The maximum atomic E-state index is 13.6. The molecule has 0 radical (unpaired) electrons. The first-order chi connectivity index (χ1) is 14.3. The highest BCUT2D eigenvalue weighted by atomic mass is 32.2. The van der Waals surface area contributed by atoms with E-state index in [2.05, 4.69) is 12.2 Å². The summed E-state index contributed by atoms with van der Waals surface area (Å²) in [4.78, 5) is 26.9. The minimum atomic E-state index is -3.88. The minimum Gasteiger partial charge on any atom is -0.482 e. The lowest BCUT2D eigenvalue weighted by molar-refractivity contribution is -0.138. The van der Waals surface area contributed by atoms with E-state index in [-0.39, 0.29) is 29.4 Å². The highest BCUT2D eigenvalue weighted by Gasteiger charge is 2.43. The molecule has 4 rings (SSSR count). The largest absolute Gasteiger partial charge is 0.482 e. The Hall–Kier alpha value is -2.13. The molecule has 0 spiro atoms. The van der Waals surface area contributed by atoms with Crippen LogP contribution in [0.2, 0.25) is 0 Å². The molecular weight excluding hydrogens is 406 g/mol. The molecule has 0 aromatic heterocycles. The fourth-order valence-electron chi connectivity index (χ4n) is 4.80. The Morgan fingerprint density at radius 3 is 2.77 bits per heavy atom. The minimum absolute atomic E-state index is 0.0678. The summed E-state index contributed by atoms with van der Waals surface area (Å²) >= 11 is 0. The van der Waals surface area contributed by atoms with Gasteiger partial charge in [-0.1, -0.05) is 6.92 Å². The lowest BCUT2D eigenvalue weighted by Gasteiger charge is -2.38. The molecule has 1 N–H and O–H groups in total. The number of nitrogens with zero attached hydrogens (tertiary/aromatic N) is 2. The number of anilines is 1. The molecule has 2 unspecified atom stereocenters. The molecule has 3 aliphatic heterocycles. The van der Waals surface area contributed by atoms with Gasteiger partial charge in [0.05, 0.1) is 10.6 Å². The van der Waals surface area contributed by atoms with Crippen LogP contribution >= 0.6 is 0 Å². The molecule has 3 heterocycles. The summed E-state index contributed by atoms with van der Waals surface area (Å²) in [6, 6.07) is 2.62. The topological polar surface area (TPSA) is 96.0 Å². The lowest BCUT2D eigenvalue weighted by atomic mass is 9.99. The second-order valence-corrected chi connectivity index (χ2v) is 10.2. The van der Waals surface area contributed by atoms with E-state index in [4.69, 9.17) is 4.74 Å². The number of likely N-dealkylation sites (tertiary alicyclic amines) is 1. The van der Waals surface area contributed by atoms with E-state index in [1.807, 2.05) is 4.90 Å². The standard InChI is InChI=1S/C21H29N3O5S/c1-3-15-7-4-5-9-23(15)21(26)17-8-6-10-24(17)30(27,28)19-12-18-16(11-14(19)2)22-20(25)13-29-18/h11-12,15,17H,3-10,13H2,1-2H3,(H,22,25). The molecule has 2 amide bonds. The van der Waals surface area contributed by atoms with E-state index < -0.39 is 16.1 Å². The Bertz CT molecular complexity index is 962. The second kappa shape index (κ2) is 8.19. The van der Waals surface area contributed by atoms with Crippen LogP contribution in [-0.4, -0.2) is 61.2 Å². The molecule has 1 aromatic carbocycles. The van der Waals surface area contributed by atoms with Gasteiger partial charge in [-0.2, -0.15) is 4.31 Å². The van der Waals surface area contributed by atoms with Crippen LogP contribution in [0.25, 0.3) is 0 Å². The molecule has 2 atom stereocenters. The molecule has 1 aromatic rings. The zero-order chi connectivity index (χ0) is 21.5. The summed E-state index contributed by atoms with van der Waals surface area (Å²) in [6.07, 6.45) is 5.15. The van der Waals surface area contributed by atoms with Crippen molar-refractivity contribution in [3.8, 4) is 5.75 Å². The van der Waals surface area contributed by atoms with Gasteiger partial charge < -0.3 is 15.0 Å². The number of aryl methyl sites for hydroxylation is 1. The highest BCUT2D eigenvalue weighted by molar-refractivity contribution is 7.89. The number of rotatable bonds is 4. The van der Waals surface area contributed by atoms with Crippen LogP contribution in [-0.2, 0) is 19.6 Å². The van der Waals surface area contributed by atoms with Gasteiger partial charge in [0, 0.05) is 25.2 Å². The maximum absolute atomic E-state index is 13.6. The van der Waals surface area contributed by atoms with E-state index in [0.29, 0.717) is 42.9 Å². The van der Waals surface area contributed by atoms with Crippen molar-refractivity contribution in [2.24, 2.45) is 0 Å². The third-order valence-corrected chi connectivity index (χ3v) is 8.42. The summed E-state index contributed by atoms with van der Waals surface area (Å²) in [5, 5.41) is 2.70. The van der Waals surface area contributed by atoms with Crippen LogP contribution in [0.5, 0.6) is 5.75 Å².